The Morgan fingerprint density at radius 1 is 1.54 bits per heavy atom. The molecule has 2 aromatic rings. The van der Waals surface area contributed by atoms with Crippen molar-refractivity contribution in [3.63, 3.8) is 0 Å². The van der Waals surface area contributed by atoms with Gasteiger partial charge in [0.05, 0.1) is 11.7 Å². The van der Waals surface area contributed by atoms with Crippen LogP contribution in [0.2, 0.25) is 0 Å². The number of aromatic amines is 1. The average molecular weight is 175 g/mol. The molecule has 0 spiro atoms. The quantitative estimate of drug-likeness (QED) is 0.735. The van der Waals surface area contributed by atoms with Crippen molar-refractivity contribution in [3.8, 4) is 0 Å². The summed E-state index contributed by atoms with van der Waals surface area (Å²) < 4.78 is 0. The molecule has 0 saturated carbocycles. The monoisotopic (exact) mass is 175 g/mol. The van der Waals surface area contributed by atoms with E-state index in [9.17, 15) is 0 Å². The van der Waals surface area contributed by atoms with Gasteiger partial charge in [-0.3, -0.25) is 4.98 Å². The number of nitrogens with zero attached hydrogens (tertiary/aromatic N) is 1. The minimum atomic E-state index is 0.932. The Labute approximate surface area is 77.2 Å². The predicted molar refractivity (Wildman–Crippen MR) is 55.0 cm³/mol. The molecule has 0 saturated heterocycles. The molecule has 0 fully saturated rings. The second-order valence-electron chi connectivity index (χ2n) is 3.08. The number of nitrogens with one attached hydrogen (secondary N) is 2. The summed E-state index contributed by atoms with van der Waals surface area (Å²) in [5.41, 5.74) is 2.36. The lowest BCUT2D eigenvalue weighted by Gasteiger charge is -1.99. The lowest BCUT2D eigenvalue weighted by molar-refractivity contribution is 1.17. The molecular formula is C10H13N3. The highest BCUT2D eigenvalue weighted by atomic mass is 15.0. The first-order valence-corrected chi connectivity index (χ1v) is 4.49. The molecule has 68 valence electrons. The number of anilines is 1. The summed E-state index contributed by atoms with van der Waals surface area (Å²) in [5, 5.41) is 4.52. The number of rotatable bonds is 2. The van der Waals surface area contributed by atoms with Gasteiger partial charge in [-0.25, -0.2) is 0 Å². The van der Waals surface area contributed by atoms with Gasteiger partial charge in [0.15, 0.2) is 0 Å². The van der Waals surface area contributed by atoms with Gasteiger partial charge in [0.25, 0.3) is 0 Å². The van der Waals surface area contributed by atoms with Crippen molar-refractivity contribution >= 4 is 16.7 Å². The first-order chi connectivity index (χ1) is 6.33. The number of hydrogen-bond donors (Lipinski definition) is 2. The molecule has 0 amide bonds. The standard InChI is InChI=1S/C10H13N3/c1-3-12-10-7(2)8-4-5-11-6-9(8)13-10/h4-6,12-13H,3H2,1-2H3. The van der Waals surface area contributed by atoms with Crippen molar-refractivity contribution in [1.82, 2.24) is 9.97 Å². The predicted octanol–water partition coefficient (Wildman–Crippen LogP) is 2.30. The van der Waals surface area contributed by atoms with Gasteiger partial charge in [0.1, 0.15) is 5.82 Å². The highest BCUT2D eigenvalue weighted by molar-refractivity contribution is 5.87. The number of aromatic nitrogens is 2. The van der Waals surface area contributed by atoms with E-state index >= 15 is 0 Å². The molecule has 0 aromatic carbocycles. The van der Waals surface area contributed by atoms with E-state index in [0.29, 0.717) is 0 Å². The maximum Gasteiger partial charge on any atom is 0.107 e. The van der Waals surface area contributed by atoms with E-state index in [4.69, 9.17) is 0 Å². The molecule has 2 rings (SSSR count). The number of pyridine rings is 1. The smallest absolute Gasteiger partial charge is 0.107 e. The molecule has 13 heavy (non-hydrogen) atoms. The molecule has 0 atom stereocenters. The van der Waals surface area contributed by atoms with Gasteiger partial charge in [-0.2, -0.15) is 0 Å². The topological polar surface area (TPSA) is 40.7 Å². The first-order valence-electron chi connectivity index (χ1n) is 4.49. The molecule has 2 N–H and O–H groups in total. The fourth-order valence-corrected chi connectivity index (χ4v) is 1.54. The third-order valence-corrected chi connectivity index (χ3v) is 2.21. The van der Waals surface area contributed by atoms with Crippen molar-refractivity contribution in [2.75, 3.05) is 11.9 Å². The van der Waals surface area contributed by atoms with Crippen molar-refractivity contribution in [2.45, 2.75) is 13.8 Å². The fraction of sp³-hybridized carbons (Fsp3) is 0.300. The largest absolute Gasteiger partial charge is 0.372 e. The van der Waals surface area contributed by atoms with Gasteiger partial charge in [-0.05, 0) is 25.5 Å². The van der Waals surface area contributed by atoms with Gasteiger partial charge in [0, 0.05) is 18.1 Å². The van der Waals surface area contributed by atoms with Crippen molar-refractivity contribution in [3.05, 3.63) is 24.0 Å². The van der Waals surface area contributed by atoms with Gasteiger partial charge in [0.2, 0.25) is 0 Å². The lowest BCUT2D eigenvalue weighted by atomic mass is 10.2. The molecular weight excluding hydrogens is 162 g/mol. The van der Waals surface area contributed by atoms with E-state index in [1.807, 2.05) is 18.5 Å². The molecule has 0 unspecified atom stereocenters. The summed E-state index contributed by atoms with van der Waals surface area (Å²) in [6, 6.07) is 2.03. The van der Waals surface area contributed by atoms with Crippen molar-refractivity contribution < 1.29 is 0 Å². The summed E-state index contributed by atoms with van der Waals surface area (Å²) in [6.45, 7) is 5.13. The molecule has 0 radical (unpaired) electrons. The van der Waals surface area contributed by atoms with Crippen LogP contribution >= 0.6 is 0 Å². The highest BCUT2D eigenvalue weighted by Crippen LogP contribution is 2.23. The minimum absolute atomic E-state index is 0.932. The number of hydrogen-bond acceptors (Lipinski definition) is 2. The molecule has 2 heterocycles. The van der Waals surface area contributed by atoms with E-state index in [0.717, 1.165) is 17.9 Å². The highest BCUT2D eigenvalue weighted by Gasteiger charge is 2.04. The SMILES string of the molecule is CCNc1[nH]c2cnccc2c1C. The second kappa shape index (κ2) is 3.09. The summed E-state index contributed by atoms with van der Waals surface area (Å²) in [4.78, 5) is 7.36. The molecule has 0 bridgehead atoms. The Morgan fingerprint density at radius 3 is 3.08 bits per heavy atom. The van der Waals surface area contributed by atoms with E-state index in [-0.39, 0.29) is 0 Å². The molecule has 2 aromatic heterocycles. The maximum atomic E-state index is 4.07. The van der Waals surface area contributed by atoms with Crippen LogP contribution in [-0.4, -0.2) is 16.5 Å². The minimum Gasteiger partial charge on any atom is -0.372 e. The zero-order valence-electron chi connectivity index (χ0n) is 7.89. The van der Waals surface area contributed by atoms with Crippen LogP contribution < -0.4 is 5.32 Å². The van der Waals surface area contributed by atoms with Crippen molar-refractivity contribution in [1.29, 1.82) is 0 Å². The Bertz CT molecular complexity index is 417. The van der Waals surface area contributed by atoms with Gasteiger partial charge in [-0.1, -0.05) is 0 Å². The van der Waals surface area contributed by atoms with Crippen LogP contribution in [0.5, 0.6) is 0 Å². The summed E-state index contributed by atoms with van der Waals surface area (Å²) in [7, 11) is 0. The number of H-pyrrole nitrogens is 1. The van der Waals surface area contributed by atoms with Crippen LogP contribution in [0.1, 0.15) is 12.5 Å². The van der Waals surface area contributed by atoms with Crippen LogP contribution in [0, 0.1) is 6.92 Å². The molecule has 0 aliphatic rings. The summed E-state index contributed by atoms with van der Waals surface area (Å²) >= 11 is 0. The maximum absolute atomic E-state index is 4.07. The summed E-state index contributed by atoms with van der Waals surface area (Å²) in [5.74, 6) is 1.10. The zero-order chi connectivity index (χ0) is 9.26. The second-order valence-corrected chi connectivity index (χ2v) is 3.08. The van der Waals surface area contributed by atoms with Crippen molar-refractivity contribution in [2.24, 2.45) is 0 Å². The summed E-state index contributed by atoms with van der Waals surface area (Å²) in [6.07, 6.45) is 3.67. The van der Waals surface area contributed by atoms with Crippen LogP contribution in [0.4, 0.5) is 5.82 Å². The number of fused-ring (bicyclic) bond motifs is 1. The molecule has 3 nitrogen and oxygen atoms in total. The van der Waals surface area contributed by atoms with Crippen LogP contribution in [0.3, 0.4) is 0 Å². The van der Waals surface area contributed by atoms with Gasteiger partial charge in [-0.15, -0.1) is 0 Å². The van der Waals surface area contributed by atoms with E-state index in [1.165, 1.54) is 10.9 Å². The van der Waals surface area contributed by atoms with E-state index in [2.05, 4.69) is 29.1 Å². The fourth-order valence-electron chi connectivity index (χ4n) is 1.54. The molecule has 0 aliphatic heterocycles. The van der Waals surface area contributed by atoms with Crippen LogP contribution in [-0.2, 0) is 0 Å². The Kier molecular flexibility index (Phi) is 1.93. The van der Waals surface area contributed by atoms with E-state index in [1.54, 1.807) is 0 Å². The Balaban J connectivity index is 2.60. The third-order valence-electron chi connectivity index (χ3n) is 2.21. The Morgan fingerprint density at radius 2 is 2.38 bits per heavy atom. The molecule has 3 heteroatoms. The van der Waals surface area contributed by atoms with Crippen LogP contribution in [0.25, 0.3) is 10.9 Å². The van der Waals surface area contributed by atoms with Gasteiger partial charge >= 0.3 is 0 Å². The average Bonchev–Trinajstić information content (AvgIpc) is 2.46. The molecule has 0 aliphatic carbocycles. The van der Waals surface area contributed by atoms with E-state index < -0.39 is 0 Å². The zero-order valence-corrected chi connectivity index (χ0v) is 7.89. The normalized spacial score (nSPS) is 10.6. The Hall–Kier alpha value is -1.51. The van der Waals surface area contributed by atoms with Gasteiger partial charge < -0.3 is 10.3 Å². The van der Waals surface area contributed by atoms with Crippen LogP contribution in [0.15, 0.2) is 18.5 Å². The lowest BCUT2D eigenvalue weighted by Crippen LogP contribution is -1.97. The number of aryl methyl sites for hydroxylation is 1. The first kappa shape index (κ1) is 8.10. The third kappa shape index (κ3) is 1.26.